The Kier molecular flexibility index (Phi) is 25.1. The first-order valence-corrected chi connectivity index (χ1v) is 5.07. The van der Waals surface area contributed by atoms with Crippen LogP contribution in [0, 0.1) is 0 Å². The second kappa shape index (κ2) is 20.0. The topological polar surface area (TPSA) is 117 Å². The zero-order chi connectivity index (χ0) is 14.2. The van der Waals surface area contributed by atoms with E-state index in [9.17, 15) is 19.8 Å². The van der Waals surface area contributed by atoms with Crippen LogP contribution in [0.2, 0.25) is 0 Å². The van der Waals surface area contributed by atoms with Crippen molar-refractivity contribution in [3.8, 4) is 0 Å². The molecule has 19 heavy (non-hydrogen) atoms. The zero-order valence-corrected chi connectivity index (χ0v) is 14.9. The first-order chi connectivity index (χ1) is 8.54. The fourth-order valence-corrected chi connectivity index (χ4v) is 0.596. The van der Waals surface area contributed by atoms with E-state index < -0.39 is 11.9 Å². The van der Waals surface area contributed by atoms with Crippen LogP contribution >= 0.6 is 0 Å². The van der Waals surface area contributed by atoms with E-state index in [1.54, 1.807) is 0 Å². The van der Waals surface area contributed by atoms with Gasteiger partial charge < -0.3 is 38.7 Å². The van der Waals surface area contributed by atoms with Gasteiger partial charge >= 0.3 is 27.3 Å². The minimum atomic E-state index is -1.20. The molecule has 0 bridgehead atoms. The maximum absolute atomic E-state index is 9.69. The number of hydrogen-bond acceptors (Lipinski definition) is 8. The van der Waals surface area contributed by atoms with Crippen molar-refractivity contribution >= 4 is 39.2 Å². The van der Waals surface area contributed by atoms with E-state index in [4.69, 9.17) is 0 Å². The molecule has 0 aliphatic heterocycles. The number of methoxy groups -OCH3 is 2. The molecule has 0 aromatic carbocycles. The third-order valence-electron chi connectivity index (χ3n) is 1.30. The average Bonchev–Trinajstić information content (AvgIpc) is 2.31. The molecule has 0 aromatic rings. The zero-order valence-electron chi connectivity index (χ0n) is 11.0. The predicted molar refractivity (Wildman–Crippen MR) is 61.2 cm³/mol. The summed E-state index contributed by atoms with van der Waals surface area (Å²) in [7, 11) is 3.03. The van der Waals surface area contributed by atoms with E-state index in [0.29, 0.717) is 26.4 Å². The van der Waals surface area contributed by atoms with Crippen molar-refractivity contribution in [2.45, 2.75) is 0 Å². The van der Waals surface area contributed by atoms with Crippen LogP contribution in [0.3, 0.4) is 0 Å². The monoisotopic (exact) mass is 474 g/mol. The van der Waals surface area contributed by atoms with Gasteiger partial charge in [0.05, 0.1) is 51.6 Å². The molecule has 0 saturated heterocycles. The number of carboxylic acids is 2. The summed E-state index contributed by atoms with van der Waals surface area (Å²) in [6, 6.07) is 0. The summed E-state index contributed by atoms with van der Waals surface area (Å²) in [4.78, 5) is 19.4. The largest absolute Gasteiger partial charge is 2.00 e. The molecule has 0 amide bonds. The van der Waals surface area contributed by atoms with Crippen LogP contribution in [0.25, 0.3) is 0 Å². The van der Waals surface area contributed by atoms with Gasteiger partial charge in [-0.2, -0.15) is 0 Å². The minimum Gasteiger partial charge on any atom is -0.548 e. The number of rotatable bonds is 10. The van der Waals surface area contributed by atoms with Gasteiger partial charge in [-0.25, -0.2) is 0 Å². The Morgan fingerprint density at radius 1 is 0.789 bits per heavy atom. The van der Waals surface area contributed by atoms with Gasteiger partial charge in [0.15, 0.2) is 0 Å². The summed E-state index contributed by atoms with van der Waals surface area (Å²) in [5, 5.41) is 19.4. The Bertz CT molecular complexity index is 190. The number of carbonyl (C=O) groups excluding carboxylic acids is 2. The third-order valence-corrected chi connectivity index (χ3v) is 1.30. The van der Waals surface area contributed by atoms with Crippen molar-refractivity contribution in [1.29, 1.82) is 0 Å². The maximum atomic E-state index is 9.69. The van der Waals surface area contributed by atoms with Gasteiger partial charge in [0.2, 0.25) is 0 Å². The van der Waals surface area contributed by atoms with E-state index in [-0.39, 0.29) is 40.5 Å². The Balaban J connectivity index is -0.000000256. The molecule has 0 aliphatic carbocycles. The molecule has 8 nitrogen and oxygen atoms in total. The van der Waals surface area contributed by atoms with Crippen molar-refractivity contribution in [1.82, 2.24) is 0 Å². The number of carbonyl (C=O) groups is 2. The molecule has 0 N–H and O–H groups in total. The third kappa shape index (κ3) is 31.9. The van der Waals surface area contributed by atoms with Gasteiger partial charge in [0.25, 0.3) is 0 Å². The van der Waals surface area contributed by atoms with Crippen LogP contribution in [0.15, 0.2) is 0 Å². The van der Waals surface area contributed by atoms with E-state index in [1.165, 1.54) is 14.2 Å². The Labute approximate surface area is 132 Å². The van der Waals surface area contributed by atoms with Gasteiger partial charge in [-0.05, 0) is 0 Å². The summed E-state index contributed by atoms with van der Waals surface area (Å²) in [6.07, 6.45) is 0. The molecule has 9 heteroatoms. The molecule has 0 atom stereocenters. The van der Waals surface area contributed by atoms with Crippen molar-refractivity contribution in [2.24, 2.45) is 0 Å². The van der Waals surface area contributed by atoms with Gasteiger partial charge in [-0.15, -0.1) is 0 Å². The number of hydrogen-bond donors (Lipinski definition) is 0. The number of ether oxygens (including phenoxy) is 4. The maximum Gasteiger partial charge on any atom is 2.00 e. The van der Waals surface area contributed by atoms with Gasteiger partial charge in [-0.3, -0.25) is 0 Å². The van der Waals surface area contributed by atoms with Gasteiger partial charge in [0, 0.05) is 14.2 Å². The summed E-state index contributed by atoms with van der Waals surface area (Å²) in [6.45, 7) is 0.697. The molecular formula is C10H18O8Pb. The minimum absolute atomic E-state index is 0. The van der Waals surface area contributed by atoms with Crippen molar-refractivity contribution < 1.29 is 38.7 Å². The van der Waals surface area contributed by atoms with Gasteiger partial charge in [0.1, 0.15) is 0 Å². The van der Waals surface area contributed by atoms with Crippen LogP contribution in [-0.4, -0.2) is 93.1 Å². The Hall–Kier alpha value is -0.298. The average molecular weight is 473 g/mol. The summed E-state index contributed by atoms with van der Waals surface area (Å²) in [5.41, 5.74) is 0. The molecule has 0 aromatic heterocycles. The van der Waals surface area contributed by atoms with E-state index in [2.05, 4.69) is 18.9 Å². The molecule has 0 fully saturated rings. The first-order valence-electron chi connectivity index (χ1n) is 5.07. The standard InChI is InChI=1S/2C5H10O4.Pb/c2*1-8-2-3-9-4-5(6)7;/h2*2-4H2,1H3,(H,6,7);/q;;+2/p-2. The normalized spacial score (nSPS) is 8.95. The quantitative estimate of drug-likeness (QED) is 0.236. The molecule has 110 valence electrons. The number of carboxylic acid groups (broad SMARTS) is 2. The fourth-order valence-electron chi connectivity index (χ4n) is 0.596. The predicted octanol–water partition coefficient (Wildman–Crippen LogP) is -3.58. The van der Waals surface area contributed by atoms with Crippen LogP contribution in [0.5, 0.6) is 0 Å². The fraction of sp³-hybridized carbons (Fsp3) is 0.800. The van der Waals surface area contributed by atoms with Crippen LogP contribution < -0.4 is 10.2 Å². The molecule has 0 spiro atoms. The molecule has 0 unspecified atom stereocenters. The van der Waals surface area contributed by atoms with E-state index >= 15 is 0 Å². The second-order valence-corrected chi connectivity index (χ2v) is 2.83. The Morgan fingerprint density at radius 3 is 1.32 bits per heavy atom. The second-order valence-electron chi connectivity index (χ2n) is 2.83. The first kappa shape index (κ1) is 23.8. The molecule has 0 aliphatic rings. The van der Waals surface area contributed by atoms with Gasteiger partial charge in [-0.1, -0.05) is 0 Å². The molecule has 2 radical (unpaired) electrons. The van der Waals surface area contributed by atoms with Crippen molar-refractivity contribution in [3.63, 3.8) is 0 Å². The molecule has 0 saturated carbocycles. The summed E-state index contributed by atoms with van der Waals surface area (Å²) >= 11 is 0. The van der Waals surface area contributed by atoms with Crippen LogP contribution in [-0.2, 0) is 28.5 Å². The van der Waals surface area contributed by atoms with Crippen molar-refractivity contribution in [2.75, 3.05) is 53.9 Å². The number of aliphatic carboxylic acids is 2. The Morgan fingerprint density at radius 2 is 1.11 bits per heavy atom. The molecular weight excluding hydrogens is 455 g/mol. The summed E-state index contributed by atoms with van der Waals surface area (Å²) < 4.78 is 18.3. The van der Waals surface area contributed by atoms with E-state index in [1.807, 2.05) is 0 Å². The molecule has 0 rings (SSSR count). The van der Waals surface area contributed by atoms with E-state index in [0.717, 1.165) is 0 Å². The van der Waals surface area contributed by atoms with Crippen LogP contribution in [0.4, 0.5) is 0 Å². The van der Waals surface area contributed by atoms with Crippen molar-refractivity contribution in [3.05, 3.63) is 0 Å². The smallest absolute Gasteiger partial charge is 0.548 e. The SMILES string of the molecule is COCCOCC(=O)[O-].COCCOCC(=O)[O-].[Pb+2]. The molecule has 0 heterocycles. The van der Waals surface area contributed by atoms with Crippen LogP contribution in [0.1, 0.15) is 0 Å². The summed E-state index contributed by atoms with van der Waals surface area (Å²) in [5.74, 6) is -2.41.